The van der Waals surface area contributed by atoms with Gasteiger partial charge >= 0.3 is 133 Å². The molecule has 0 aliphatic heterocycles. The molecule has 0 bridgehead atoms. The van der Waals surface area contributed by atoms with Crippen LogP contribution < -0.4 is 4.46 Å². The number of carbonyl (C=O) groups is 2. The molecule has 0 aromatic heterocycles. The molecule has 1 rings (SSSR count). The van der Waals surface area contributed by atoms with Crippen molar-refractivity contribution in [3.8, 4) is 0 Å². The molecule has 4 heteroatoms. The van der Waals surface area contributed by atoms with E-state index in [1.807, 2.05) is 30.3 Å². The van der Waals surface area contributed by atoms with Gasteiger partial charge in [0.05, 0.1) is 0 Å². The zero-order chi connectivity index (χ0) is 15.3. The molecule has 0 spiro atoms. The molecule has 0 amide bonds. The van der Waals surface area contributed by atoms with Crippen LogP contribution in [0.1, 0.15) is 38.5 Å². The Labute approximate surface area is 132 Å². The van der Waals surface area contributed by atoms with Crippen LogP contribution in [0, 0.1) is 0 Å². The standard InChI is InChI=1S/C17H22O3Se/c1-2-16(18)20-14-10-5-3-4-9-13-17(19)21-15-11-7-6-8-12-15/h2,6-8,11-12H,1,3-5,9-10,13-14H2. The quantitative estimate of drug-likeness (QED) is 0.266. The Morgan fingerprint density at radius 2 is 1.71 bits per heavy atom. The summed E-state index contributed by atoms with van der Waals surface area (Å²) in [7, 11) is 0. The molecule has 0 heterocycles. The Hall–Kier alpha value is -1.38. The van der Waals surface area contributed by atoms with Gasteiger partial charge in [-0.05, 0) is 0 Å². The van der Waals surface area contributed by atoms with Crippen LogP contribution in [0.2, 0.25) is 0 Å². The van der Waals surface area contributed by atoms with E-state index >= 15 is 0 Å². The SMILES string of the molecule is C=CC(=O)OCCCCCCCC(=O)[Se]c1ccccc1. The molecular weight excluding hydrogens is 331 g/mol. The van der Waals surface area contributed by atoms with Gasteiger partial charge in [0.15, 0.2) is 0 Å². The zero-order valence-corrected chi connectivity index (χ0v) is 14.0. The van der Waals surface area contributed by atoms with Gasteiger partial charge in [0.25, 0.3) is 0 Å². The van der Waals surface area contributed by atoms with Crippen molar-refractivity contribution < 1.29 is 14.3 Å². The number of hydrogen-bond donors (Lipinski definition) is 0. The molecule has 0 radical (unpaired) electrons. The van der Waals surface area contributed by atoms with Gasteiger partial charge in [-0.3, -0.25) is 0 Å². The van der Waals surface area contributed by atoms with Crippen LogP contribution in [0.15, 0.2) is 43.0 Å². The summed E-state index contributed by atoms with van der Waals surface area (Å²) < 4.78 is 6.41. The topological polar surface area (TPSA) is 43.4 Å². The fraction of sp³-hybridized carbons (Fsp3) is 0.412. The van der Waals surface area contributed by atoms with E-state index in [2.05, 4.69) is 6.58 Å². The van der Waals surface area contributed by atoms with Crippen molar-refractivity contribution in [3.05, 3.63) is 43.0 Å². The first kappa shape index (κ1) is 17.7. The van der Waals surface area contributed by atoms with Crippen molar-refractivity contribution in [3.63, 3.8) is 0 Å². The Kier molecular flexibility index (Phi) is 9.51. The molecule has 1 aromatic rings. The second-order valence-electron chi connectivity index (χ2n) is 4.68. The normalized spacial score (nSPS) is 10.1. The monoisotopic (exact) mass is 354 g/mol. The van der Waals surface area contributed by atoms with Crippen molar-refractivity contribution in [1.82, 2.24) is 0 Å². The number of benzene rings is 1. The average Bonchev–Trinajstić information content (AvgIpc) is 2.50. The van der Waals surface area contributed by atoms with E-state index in [0.717, 1.165) is 36.6 Å². The van der Waals surface area contributed by atoms with E-state index in [1.54, 1.807) is 0 Å². The molecule has 0 N–H and O–H groups in total. The summed E-state index contributed by atoms with van der Waals surface area (Å²) in [6.07, 6.45) is 6.87. The van der Waals surface area contributed by atoms with Crippen molar-refractivity contribution in [2.75, 3.05) is 6.61 Å². The van der Waals surface area contributed by atoms with E-state index in [1.165, 1.54) is 6.08 Å². The molecule has 0 aliphatic carbocycles. The van der Waals surface area contributed by atoms with Crippen molar-refractivity contribution in [2.45, 2.75) is 38.5 Å². The van der Waals surface area contributed by atoms with E-state index < -0.39 is 0 Å². The second kappa shape index (κ2) is 11.3. The predicted octanol–water partition coefficient (Wildman–Crippen LogP) is 2.61. The molecule has 114 valence electrons. The van der Waals surface area contributed by atoms with Gasteiger partial charge in [-0.15, -0.1) is 0 Å². The van der Waals surface area contributed by atoms with Crippen LogP contribution in [-0.4, -0.2) is 32.2 Å². The van der Waals surface area contributed by atoms with Crippen molar-refractivity contribution >= 4 is 30.1 Å². The van der Waals surface area contributed by atoms with Crippen LogP contribution >= 0.6 is 0 Å². The molecule has 21 heavy (non-hydrogen) atoms. The maximum atomic E-state index is 11.8. The molecule has 0 fully saturated rings. The van der Waals surface area contributed by atoms with Gasteiger partial charge in [0, 0.05) is 0 Å². The summed E-state index contributed by atoms with van der Waals surface area (Å²) in [4.78, 5) is 22.6. The Bertz CT molecular complexity index is 443. The zero-order valence-electron chi connectivity index (χ0n) is 12.3. The first-order valence-electron chi connectivity index (χ1n) is 7.27. The Morgan fingerprint density at radius 3 is 2.43 bits per heavy atom. The molecule has 0 saturated heterocycles. The van der Waals surface area contributed by atoms with Gasteiger partial charge in [-0.25, -0.2) is 0 Å². The fourth-order valence-corrected chi connectivity index (χ4v) is 3.49. The Balaban J connectivity index is 1.95. The van der Waals surface area contributed by atoms with Gasteiger partial charge in [0.2, 0.25) is 0 Å². The summed E-state index contributed by atoms with van der Waals surface area (Å²) >= 11 is -0.0415. The molecule has 0 aliphatic rings. The Morgan fingerprint density at radius 1 is 1.05 bits per heavy atom. The number of rotatable bonds is 11. The van der Waals surface area contributed by atoms with Gasteiger partial charge in [0.1, 0.15) is 0 Å². The molecule has 3 nitrogen and oxygen atoms in total. The number of carbonyl (C=O) groups excluding carboxylic acids is 2. The van der Waals surface area contributed by atoms with Crippen molar-refractivity contribution in [1.29, 1.82) is 0 Å². The van der Waals surface area contributed by atoms with Gasteiger partial charge in [-0.1, -0.05) is 0 Å². The number of ether oxygens (including phenoxy) is 1. The molecular formula is C17H22O3Se. The van der Waals surface area contributed by atoms with Crippen LogP contribution in [0.25, 0.3) is 0 Å². The minimum absolute atomic E-state index is 0.0415. The van der Waals surface area contributed by atoms with E-state index in [9.17, 15) is 9.59 Å². The van der Waals surface area contributed by atoms with E-state index in [4.69, 9.17) is 4.74 Å². The summed E-state index contributed by atoms with van der Waals surface area (Å²) in [5, 5.41) is 0. The molecule has 0 saturated carbocycles. The van der Waals surface area contributed by atoms with Crippen LogP contribution in [0.4, 0.5) is 0 Å². The number of esters is 1. The first-order chi connectivity index (χ1) is 10.2. The number of hydrogen-bond acceptors (Lipinski definition) is 3. The maximum absolute atomic E-state index is 11.8. The third-order valence-corrected chi connectivity index (χ3v) is 4.88. The summed E-state index contributed by atoms with van der Waals surface area (Å²) in [6.45, 7) is 3.80. The van der Waals surface area contributed by atoms with Gasteiger partial charge < -0.3 is 0 Å². The molecule has 0 unspecified atom stereocenters. The summed E-state index contributed by atoms with van der Waals surface area (Å²) in [5.74, 6) is -0.358. The summed E-state index contributed by atoms with van der Waals surface area (Å²) in [6, 6.07) is 9.95. The molecule has 0 atom stereocenters. The van der Waals surface area contributed by atoms with Crippen LogP contribution in [0.5, 0.6) is 0 Å². The van der Waals surface area contributed by atoms with Crippen LogP contribution in [0.3, 0.4) is 0 Å². The van der Waals surface area contributed by atoms with Crippen molar-refractivity contribution in [2.24, 2.45) is 0 Å². The van der Waals surface area contributed by atoms with E-state index in [-0.39, 0.29) is 20.9 Å². The summed E-state index contributed by atoms with van der Waals surface area (Å²) in [5.41, 5.74) is 0. The number of unbranched alkanes of at least 4 members (excludes halogenated alkanes) is 4. The third-order valence-electron chi connectivity index (χ3n) is 2.91. The van der Waals surface area contributed by atoms with E-state index in [0.29, 0.717) is 17.7 Å². The average molecular weight is 353 g/mol. The minimum atomic E-state index is -0.358. The van der Waals surface area contributed by atoms with Crippen LogP contribution in [-0.2, 0) is 14.3 Å². The fourth-order valence-electron chi connectivity index (χ4n) is 1.80. The third kappa shape index (κ3) is 9.22. The first-order valence-corrected chi connectivity index (χ1v) is 8.98. The molecule has 1 aromatic carbocycles. The van der Waals surface area contributed by atoms with Gasteiger partial charge in [-0.2, -0.15) is 0 Å². The second-order valence-corrected chi connectivity index (χ2v) is 7.05. The predicted molar refractivity (Wildman–Crippen MR) is 85.7 cm³/mol.